The summed E-state index contributed by atoms with van der Waals surface area (Å²) >= 11 is 0. The molecule has 1 N–H and O–H groups in total. The number of hydrogen-bond acceptors (Lipinski definition) is 6. The summed E-state index contributed by atoms with van der Waals surface area (Å²) in [7, 11) is 1.98. The number of carbonyl (C=O) groups is 2. The quantitative estimate of drug-likeness (QED) is 0.174. The number of ether oxygens (including phenoxy) is 2. The molecule has 0 aromatic carbocycles. The van der Waals surface area contributed by atoms with E-state index in [0.29, 0.717) is 23.0 Å². The van der Waals surface area contributed by atoms with Gasteiger partial charge in [-0.2, -0.15) is 0 Å². The highest BCUT2D eigenvalue weighted by Gasteiger charge is 2.28. The van der Waals surface area contributed by atoms with Crippen LogP contribution in [0.15, 0.2) is 23.8 Å². The van der Waals surface area contributed by atoms with Crippen LogP contribution < -0.4 is 0 Å². The molecule has 0 saturated heterocycles. The third-order valence-electron chi connectivity index (χ3n) is 3.47. The molecule has 0 bridgehead atoms. The minimum atomic E-state index is -3.88. The lowest BCUT2D eigenvalue weighted by atomic mass is 10.2. The van der Waals surface area contributed by atoms with Gasteiger partial charge in [-0.25, -0.2) is 9.59 Å². The molecule has 0 saturated carbocycles. The lowest BCUT2D eigenvalue weighted by Gasteiger charge is -2.25. The Morgan fingerprint density at radius 2 is 1.63 bits per heavy atom. The minimum absolute atomic E-state index is 0.0681. The van der Waals surface area contributed by atoms with Gasteiger partial charge in [-0.05, 0) is 20.8 Å². The van der Waals surface area contributed by atoms with Crippen LogP contribution in [0.4, 0.5) is 0 Å². The summed E-state index contributed by atoms with van der Waals surface area (Å²) in [4.78, 5) is 33.1. The smallest absolute Gasteiger partial charge is 0.334 e. The largest absolute Gasteiger partial charge is 0.462 e. The zero-order valence-corrected chi connectivity index (χ0v) is 18.1. The van der Waals surface area contributed by atoms with Crippen molar-refractivity contribution in [2.24, 2.45) is 0 Å². The van der Waals surface area contributed by atoms with Crippen molar-refractivity contribution in [2.45, 2.75) is 32.9 Å². The fraction of sp³-hybridized carbons (Fsp3) is 0.667. The molecule has 2 unspecified atom stereocenters. The number of nitrogens with zero attached hydrogens (tertiary/aromatic N) is 1. The molecule has 0 aliphatic heterocycles. The Morgan fingerprint density at radius 3 is 2.11 bits per heavy atom. The predicted molar refractivity (Wildman–Crippen MR) is 103 cm³/mol. The van der Waals surface area contributed by atoms with Crippen molar-refractivity contribution in [2.75, 3.05) is 47.5 Å². The van der Waals surface area contributed by atoms with E-state index in [1.165, 1.54) is 19.9 Å². The molecule has 0 aliphatic rings. The fourth-order valence-corrected chi connectivity index (χ4v) is 2.70. The third kappa shape index (κ3) is 11.8. The van der Waals surface area contributed by atoms with Gasteiger partial charge < -0.3 is 23.4 Å². The summed E-state index contributed by atoms with van der Waals surface area (Å²) in [5, 5.41) is 0. The second-order valence-electron chi connectivity index (χ2n) is 7.41. The number of likely N-dealkylation sites (N-methyl/N-ethyl adjacent to an activating group) is 1. The Labute approximate surface area is 161 Å². The molecule has 0 amide bonds. The van der Waals surface area contributed by atoms with Crippen molar-refractivity contribution in [3.8, 4) is 0 Å². The van der Waals surface area contributed by atoms with E-state index in [1.807, 2.05) is 21.1 Å². The van der Waals surface area contributed by atoms with Gasteiger partial charge in [-0.3, -0.25) is 4.57 Å². The molecule has 27 heavy (non-hydrogen) atoms. The molecule has 2 atom stereocenters. The maximum Gasteiger partial charge on any atom is 0.334 e. The van der Waals surface area contributed by atoms with Crippen LogP contribution >= 0.6 is 7.60 Å². The summed E-state index contributed by atoms with van der Waals surface area (Å²) in [6.07, 6.45) is 1.72. The van der Waals surface area contributed by atoms with Gasteiger partial charge in [0.25, 0.3) is 0 Å². The molecule has 0 rings (SSSR count). The first-order valence-corrected chi connectivity index (χ1v) is 10.4. The molecule has 0 aromatic heterocycles. The zero-order chi connectivity index (χ0) is 21.3. The molecule has 0 heterocycles. The van der Waals surface area contributed by atoms with E-state index in [4.69, 9.17) is 14.0 Å². The van der Waals surface area contributed by atoms with Gasteiger partial charge in [0.2, 0.25) is 0 Å². The van der Waals surface area contributed by atoms with Crippen LogP contribution in [-0.2, 0) is 28.2 Å². The van der Waals surface area contributed by atoms with Crippen LogP contribution in [0.2, 0.25) is 0 Å². The van der Waals surface area contributed by atoms with Gasteiger partial charge in [0.15, 0.2) is 0 Å². The number of allylic oxidation sites excluding steroid dienone is 1. The summed E-state index contributed by atoms with van der Waals surface area (Å²) in [6.45, 7) is 8.93. The molecule has 9 heteroatoms. The van der Waals surface area contributed by atoms with E-state index in [9.17, 15) is 19.0 Å². The maximum absolute atomic E-state index is 12.2. The van der Waals surface area contributed by atoms with Crippen LogP contribution in [0.3, 0.4) is 0 Å². The highest BCUT2D eigenvalue weighted by molar-refractivity contribution is 7.53. The van der Waals surface area contributed by atoms with Crippen molar-refractivity contribution in [1.29, 1.82) is 0 Å². The number of carbonyl (C=O) groups excluding carboxylic acids is 2. The maximum atomic E-state index is 12.2. The molecule has 0 aromatic rings. The monoisotopic (exact) mass is 406 g/mol. The van der Waals surface area contributed by atoms with E-state index >= 15 is 0 Å². The van der Waals surface area contributed by atoms with Crippen molar-refractivity contribution in [3.63, 3.8) is 0 Å². The van der Waals surface area contributed by atoms with E-state index in [1.54, 1.807) is 6.92 Å². The predicted octanol–water partition coefficient (Wildman–Crippen LogP) is 2.28. The van der Waals surface area contributed by atoms with Gasteiger partial charge >= 0.3 is 19.5 Å². The van der Waals surface area contributed by atoms with Gasteiger partial charge in [-0.15, -0.1) is 0 Å². The third-order valence-corrected chi connectivity index (χ3v) is 5.20. The second kappa shape index (κ2) is 11.4. The SMILES string of the molecule is C=C(C)C(=O)OCCCOC(=O)C(C)=CC(C)P(=O)(O)OCC[N+](C)(C)C. The van der Waals surface area contributed by atoms with Crippen molar-refractivity contribution >= 4 is 19.5 Å². The molecule has 0 spiro atoms. The van der Waals surface area contributed by atoms with Crippen LogP contribution in [0, 0.1) is 0 Å². The average molecular weight is 406 g/mol. The fourth-order valence-electron chi connectivity index (χ4n) is 1.71. The highest BCUT2D eigenvalue weighted by Crippen LogP contribution is 2.48. The zero-order valence-electron chi connectivity index (χ0n) is 17.2. The Morgan fingerprint density at radius 1 is 1.11 bits per heavy atom. The average Bonchev–Trinajstić information content (AvgIpc) is 2.52. The Balaban J connectivity index is 4.39. The molecule has 0 fully saturated rings. The minimum Gasteiger partial charge on any atom is -0.462 e. The number of esters is 2. The molecule has 0 radical (unpaired) electrons. The summed E-state index contributed by atoms with van der Waals surface area (Å²) in [6, 6.07) is 0. The molecular formula is C18H33NO7P+. The first-order valence-electron chi connectivity index (χ1n) is 8.72. The van der Waals surface area contributed by atoms with Crippen molar-refractivity contribution in [3.05, 3.63) is 23.8 Å². The normalized spacial score (nSPS) is 15.6. The van der Waals surface area contributed by atoms with Gasteiger partial charge in [0.05, 0.1) is 40.0 Å². The summed E-state index contributed by atoms with van der Waals surface area (Å²) < 4.78 is 27.9. The topological polar surface area (TPSA) is 99.1 Å². The summed E-state index contributed by atoms with van der Waals surface area (Å²) in [5.41, 5.74) is -0.322. The Hall–Kier alpha value is -1.47. The first-order chi connectivity index (χ1) is 12.3. The number of hydrogen-bond donors (Lipinski definition) is 1. The van der Waals surface area contributed by atoms with E-state index in [0.717, 1.165) is 0 Å². The van der Waals surface area contributed by atoms with E-state index < -0.39 is 25.2 Å². The molecular weight excluding hydrogens is 373 g/mol. The lowest BCUT2D eigenvalue weighted by Crippen LogP contribution is -2.37. The highest BCUT2D eigenvalue weighted by atomic mass is 31.2. The molecule has 156 valence electrons. The molecule has 8 nitrogen and oxygen atoms in total. The van der Waals surface area contributed by atoms with Gasteiger partial charge in [0, 0.05) is 17.6 Å². The molecule has 0 aliphatic carbocycles. The first kappa shape index (κ1) is 25.5. The van der Waals surface area contributed by atoms with E-state index in [2.05, 4.69) is 6.58 Å². The Kier molecular flexibility index (Phi) is 10.8. The van der Waals surface area contributed by atoms with Crippen molar-refractivity contribution in [1.82, 2.24) is 0 Å². The van der Waals surface area contributed by atoms with Crippen LogP contribution in [-0.4, -0.2) is 74.5 Å². The summed E-state index contributed by atoms with van der Waals surface area (Å²) in [5.74, 6) is -1.09. The van der Waals surface area contributed by atoms with Crippen LogP contribution in [0.5, 0.6) is 0 Å². The number of rotatable bonds is 12. The number of quaternary nitrogens is 1. The Bertz CT molecular complexity index is 607. The van der Waals surface area contributed by atoms with E-state index in [-0.39, 0.29) is 25.4 Å². The van der Waals surface area contributed by atoms with Crippen molar-refractivity contribution < 1.29 is 37.5 Å². The lowest BCUT2D eigenvalue weighted by molar-refractivity contribution is -0.870. The van der Waals surface area contributed by atoms with Gasteiger partial charge in [-0.1, -0.05) is 12.7 Å². The van der Waals surface area contributed by atoms with Crippen LogP contribution in [0.1, 0.15) is 27.2 Å². The van der Waals surface area contributed by atoms with Gasteiger partial charge in [0.1, 0.15) is 13.2 Å². The second-order valence-corrected chi connectivity index (χ2v) is 9.61. The standard InChI is InChI=1S/C18H32NO7P/c1-14(2)17(20)24-10-8-11-25-18(21)15(3)13-16(4)27(22,23)26-12-9-19(5,6)7/h13,16H,1,8-12H2,2-7H3/p+1. The van der Waals surface area contributed by atoms with Crippen LogP contribution in [0.25, 0.3) is 0 Å².